The number of rotatable bonds is 2. The molecule has 1 aliphatic rings. The highest BCUT2D eigenvalue weighted by Gasteiger charge is 2.24. The first-order valence-corrected chi connectivity index (χ1v) is 13.7. The number of hydrogen-bond donors (Lipinski definition) is 2. The summed E-state index contributed by atoms with van der Waals surface area (Å²) in [6, 6.07) is 15.8. The summed E-state index contributed by atoms with van der Waals surface area (Å²) >= 11 is 1.90. The topological polar surface area (TPSA) is 70.2 Å². The predicted octanol–water partition coefficient (Wildman–Crippen LogP) is 8.07. The minimum absolute atomic E-state index is 0.401. The molecule has 0 fully saturated rings. The number of aromatic nitrogens is 5. The Morgan fingerprint density at radius 1 is 0.892 bits per heavy atom. The molecule has 0 bridgehead atoms. The number of imidazole rings is 2. The number of fused-ring (bicyclic) bond motifs is 11. The maximum absolute atomic E-state index is 4.99. The summed E-state index contributed by atoms with van der Waals surface area (Å²) in [4.78, 5) is 22.5. The number of nitrogens with one attached hydrogen (secondary N) is 2. The van der Waals surface area contributed by atoms with E-state index >= 15 is 0 Å². The molecule has 180 valence electrons. The predicted molar refractivity (Wildman–Crippen MR) is 154 cm³/mol. The molecule has 4 heterocycles. The van der Waals surface area contributed by atoms with Gasteiger partial charge in [-0.1, -0.05) is 38.1 Å². The van der Waals surface area contributed by atoms with Gasteiger partial charge in [-0.2, -0.15) is 0 Å². The van der Waals surface area contributed by atoms with Crippen LogP contribution in [0.1, 0.15) is 42.7 Å². The summed E-state index contributed by atoms with van der Waals surface area (Å²) in [6.45, 7) is 6.40. The van der Waals surface area contributed by atoms with Crippen LogP contribution in [0.25, 0.3) is 64.4 Å². The van der Waals surface area contributed by atoms with Crippen LogP contribution in [0.15, 0.2) is 54.9 Å². The van der Waals surface area contributed by atoms with Crippen LogP contribution in [0.4, 0.5) is 0 Å². The van der Waals surface area contributed by atoms with Gasteiger partial charge in [0.25, 0.3) is 0 Å². The van der Waals surface area contributed by atoms with E-state index < -0.39 is 0 Å². The molecule has 0 saturated carbocycles. The van der Waals surface area contributed by atoms with Crippen molar-refractivity contribution in [1.82, 2.24) is 24.9 Å². The first-order chi connectivity index (χ1) is 18.0. The molecule has 1 aliphatic carbocycles. The summed E-state index contributed by atoms with van der Waals surface area (Å²) in [5.41, 5.74) is 8.48. The Bertz CT molecular complexity index is 2040. The van der Waals surface area contributed by atoms with Gasteiger partial charge < -0.3 is 9.97 Å². The average molecular weight is 500 g/mol. The minimum atomic E-state index is 0.401. The molecule has 2 N–H and O–H groups in total. The lowest BCUT2D eigenvalue weighted by molar-refractivity contribution is 0.787. The molecular weight excluding hydrogens is 474 g/mol. The zero-order valence-electron chi connectivity index (χ0n) is 20.9. The zero-order chi connectivity index (χ0) is 24.8. The fourth-order valence-electron chi connectivity index (χ4n) is 5.97. The molecule has 0 amide bonds. The molecule has 0 atom stereocenters. The van der Waals surface area contributed by atoms with Gasteiger partial charge in [-0.05, 0) is 65.3 Å². The molecule has 37 heavy (non-hydrogen) atoms. The van der Waals surface area contributed by atoms with Gasteiger partial charge in [-0.25, -0.2) is 9.97 Å². The summed E-state index contributed by atoms with van der Waals surface area (Å²) < 4.78 is 1.39. The van der Waals surface area contributed by atoms with Gasteiger partial charge in [0.1, 0.15) is 11.6 Å². The molecule has 0 radical (unpaired) electrons. The van der Waals surface area contributed by atoms with Gasteiger partial charge >= 0.3 is 0 Å². The number of aromatic amines is 2. The van der Waals surface area contributed by atoms with Crippen LogP contribution in [0.2, 0.25) is 0 Å². The number of thiophene rings is 1. The number of nitrogens with zero attached hydrogens (tertiary/aromatic N) is 3. The van der Waals surface area contributed by atoms with E-state index in [0.717, 1.165) is 46.6 Å². The summed E-state index contributed by atoms with van der Waals surface area (Å²) in [5.74, 6) is 2.41. The second-order valence-corrected chi connectivity index (χ2v) is 11.5. The SMILES string of the molecule is Cc1nc2c3cnccc3c3cc(-c4cc5ccc6c(c5s4)CCc4[nH]c(C(C)C)nc4-6)ccc3c2[nH]1. The fraction of sp³-hybridized carbons (Fsp3) is 0.194. The Hall–Kier alpha value is -4.03. The van der Waals surface area contributed by atoms with Crippen LogP contribution in [0, 0.1) is 6.92 Å². The van der Waals surface area contributed by atoms with Crippen LogP contribution in [-0.4, -0.2) is 24.9 Å². The van der Waals surface area contributed by atoms with Crippen molar-refractivity contribution in [3.8, 4) is 21.7 Å². The number of benzene rings is 3. The van der Waals surface area contributed by atoms with E-state index in [2.05, 4.69) is 71.3 Å². The van der Waals surface area contributed by atoms with E-state index in [1.807, 2.05) is 30.7 Å². The van der Waals surface area contributed by atoms with Crippen molar-refractivity contribution in [2.45, 2.75) is 39.5 Å². The second kappa shape index (κ2) is 7.49. The molecule has 4 aromatic heterocycles. The van der Waals surface area contributed by atoms with Crippen LogP contribution in [0.3, 0.4) is 0 Å². The fourth-order valence-corrected chi connectivity index (χ4v) is 7.20. The Morgan fingerprint density at radius 3 is 2.70 bits per heavy atom. The summed E-state index contributed by atoms with van der Waals surface area (Å²) in [6.07, 6.45) is 5.87. The molecule has 0 spiro atoms. The molecule has 0 unspecified atom stereocenters. The summed E-state index contributed by atoms with van der Waals surface area (Å²) in [5, 5.41) is 6.02. The van der Waals surface area contributed by atoms with Crippen molar-refractivity contribution in [2.24, 2.45) is 0 Å². The van der Waals surface area contributed by atoms with Gasteiger partial charge in [0, 0.05) is 49.9 Å². The monoisotopic (exact) mass is 499 g/mol. The number of H-pyrrole nitrogens is 2. The lowest BCUT2D eigenvalue weighted by Gasteiger charge is -2.15. The standard InChI is InChI=1S/C31H25N5S/c1-15(2)31-35-25-9-8-22-20(27(25)36-31)7-5-18-13-26(37-30(18)22)17-4-6-21-23(12-17)19-10-11-32-14-24(19)29-28(21)33-16(3)34-29/h4-7,10-15H,8-9H2,1-3H3,(H,33,34)(H,35,36). The third-order valence-corrected chi connectivity index (χ3v) is 9.04. The minimum Gasteiger partial charge on any atom is -0.345 e. The zero-order valence-corrected chi connectivity index (χ0v) is 21.8. The van der Waals surface area contributed by atoms with E-state index in [9.17, 15) is 0 Å². The number of aryl methyl sites for hydroxylation is 3. The third-order valence-electron chi connectivity index (χ3n) is 7.78. The molecule has 3 aromatic carbocycles. The maximum Gasteiger partial charge on any atom is 0.109 e. The Balaban J connectivity index is 1.32. The molecular formula is C31H25N5S. The number of hydrogen-bond acceptors (Lipinski definition) is 4. The Morgan fingerprint density at radius 2 is 1.81 bits per heavy atom. The van der Waals surface area contributed by atoms with E-state index in [1.54, 1.807) is 0 Å². The van der Waals surface area contributed by atoms with Crippen LogP contribution >= 0.6 is 11.3 Å². The highest BCUT2D eigenvalue weighted by Crippen LogP contribution is 2.44. The van der Waals surface area contributed by atoms with Gasteiger partial charge in [0.15, 0.2) is 0 Å². The molecule has 8 rings (SSSR count). The molecule has 5 nitrogen and oxygen atoms in total. The van der Waals surface area contributed by atoms with E-state index in [4.69, 9.17) is 9.97 Å². The largest absolute Gasteiger partial charge is 0.345 e. The Labute approximate surface area is 217 Å². The summed E-state index contributed by atoms with van der Waals surface area (Å²) in [7, 11) is 0. The van der Waals surface area contributed by atoms with Crippen molar-refractivity contribution in [3.63, 3.8) is 0 Å². The van der Waals surface area contributed by atoms with Gasteiger partial charge in [0.05, 0.1) is 16.7 Å². The average Bonchev–Trinajstić information content (AvgIpc) is 3.64. The molecule has 7 aromatic rings. The maximum atomic E-state index is 4.99. The lowest BCUT2D eigenvalue weighted by Crippen LogP contribution is -2.03. The van der Waals surface area contributed by atoms with Crippen LogP contribution in [0.5, 0.6) is 0 Å². The first-order valence-electron chi connectivity index (χ1n) is 12.9. The quantitative estimate of drug-likeness (QED) is 0.236. The highest BCUT2D eigenvalue weighted by atomic mass is 32.1. The van der Waals surface area contributed by atoms with Crippen molar-refractivity contribution >= 4 is 54.0 Å². The van der Waals surface area contributed by atoms with Crippen molar-refractivity contribution in [3.05, 3.63) is 77.8 Å². The van der Waals surface area contributed by atoms with Crippen molar-refractivity contribution in [1.29, 1.82) is 0 Å². The van der Waals surface area contributed by atoms with Gasteiger partial charge in [-0.15, -0.1) is 11.3 Å². The smallest absolute Gasteiger partial charge is 0.109 e. The van der Waals surface area contributed by atoms with Gasteiger partial charge in [-0.3, -0.25) is 4.98 Å². The Kier molecular flexibility index (Phi) is 4.27. The van der Waals surface area contributed by atoms with Crippen LogP contribution < -0.4 is 0 Å². The molecule has 6 heteroatoms. The molecule has 0 saturated heterocycles. The molecule has 0 aliphatic heterocycles. The van der Waals surface area contributed by atoms with Crippen molar-refractivity contribution < 1.29 is 0 Å². The van der Waals surface area contributed by atoms with E-state index in [1.165, 1.54) is 53.5 Å². The van der Waals surface area contributed by atoms with E-state index in [0.29, 0.717) is 5.92 Å². The number of pyridine rings is 1. The van der Waals surface area contributed by atoms with E-state index in [-0.39, 0.29) is 0 Å². The lowest BCUT2D eigenvalue weighted by atomic mass is 9.91. The third kappa shape index (κ3) is 2.99. The van der Waals surface area contributed by atoms with Crippen LogP contribution in [-0.2, 0) is 12.8 Å². The normalized spacial score (nSPS) is 13.3. The second-order valence-electron chi connectivity index (χ2n) is 10.5. The van der Waals surface area contributed by atoms with Crippen molar-refractivity contribution in [2.75, 3.05) is 0 Å². The van der Waals surface area contributed by atoms with Gasteiger partial charge in [0.2, 0.25) is 0 Å². The highest BCUT2D eigenvalue weighted by molar-refractivity contribution is 7.22. The first kappa shape index (κ1) is 21.1.